The van der Waals surface area contributed by atoms with Crippen LogP contribution in [0.4, 0.5) is 4.79 Å². The Bertz CT molecular complexity index is 600. The lowest BCUT2D eigenvalue weighted by Gasteiger charge is -2.22. The number of aromatic nitrogens is 1. The predicted molar refractivity (Wildman–Crippen MR) is 96.7 cm³/mol. The lowest BCUT2D eigenvalue weighted by Crippen LogP contribution is -2.45. The number of amides is 3. The Morgan fingerprint density at radius 2 is 2.08 bits per heavy atom. The van der Waals surface area contributed by atoms with E-state index in [2.05, 4.69) is 15.6 Å². The van der Waals surface area contributed by atoms with Gasteiger partial charge in [0.25, 0.3) is 0 Å². The standard InChI is InChI=1S/C16H23N3O4S2/c1-2-23-14(21)8-12-9-24-16(18-12)25-10-13(20)19-15(22)17-11-6-4-3-5-7-11/h9,11H,2-8,10H2,1H3,(H2,17,19,20,22). The number of thiazole rings is 1. The van der Waals surface area contributed by atoms with E-state index < -0.39 is 6.03 Å². The van der Waals surface area contributed by atoms with Crippen molar-refractivity contribution in [1.82, 2.24) is 15.6 Å². The summed E-state index contributed by atoms with van der Waals surface area (Å²) in [7, 11) is 0. The molecule has 9 heteroatoms. The molecule has 1 saturated carbocycles. The van der Waals surface area contributed by atoms with E-state index in [-0.39, 0.29) is 30.1 Å². The van der Waals surface area contributed by atoms with Crippen LogP contribution in [0.1, 0.15) is 44.7 Å². The first-order valence-corrected chi connectivity index (χ1v) is 10.3. The Morgan fingerprint density at radius 1 is 1.32 bits per heavy atom. The summed E-state index contributed by atoms with van der Waals surface area (Å²) in [6.45, 7) is 2.09. The summed E-state index contributed by atoms with van der Waals surface area (Å²) in [6, 6.07) is -0.266. The minimum absolute atomic E-state index is 0.102. The third kappa shape index (κ3) is 7.43. The molecular formula is C16H23N3O4S2. The number of nitrogens with zero attached hydrogens (tertiary/aromatic N) is 1. The van der Waals surface area contributed by atoms with Gasteiger partial charge in [0.05, 0.1) is 24.5 Å². The highest BCUT2D eigenvalue weighted by atomic mass is 32.2. The summed E-state index contributed by atoms with van der Waals surface area (Å²) in [5, 5.41) is 6.96. The Balaban J connectivity index is 1.68. The van der Waals surface area contributed by atoms with Gasteiger partial charge in [0.1, 0.15) is 0 Å². The van der Waals surface area contributed by atoms with Crippen LogP contribution in [0.25, 0.3) is 0 Å². The van der Waals surface area contributed by atoms with Crippen molar-refractivity contribution in [1.29, 1.82) is 0 Å². The Kier molecular flexibility index (Phi) is 8.20. The fraction of sp³-hybridized carbons (Fsp3) is 0.625. The average Bonchev–Trinajstić information content (AvgIpc) is 3.01. The number of hydrogen-bond donors (Lipinski definition) is 2. The van der Waals surface area contributed by atoms with E-state index in [0.29, 0.717) is 16.6 Å². The molecule has 0 bridgehead atoms. The first-order valence-electron chi connectivity index (χ1n) is 8.40. The molecule has 1 aromatic heterocycles. The van der Waals surface area contributed by atoms with Crippen LogP contribution in [-0.4, -0.2) is 41.3 Å². The van der Waals surface area contributed by atoms with Gasteiger partial charge >= 0.3 is 12.0 Å². The van der Waals surface area contributed by atoms with Crippen molar-refractivity contribution in [2.75, 3.05) is 12.4 Å². The zero-order valence-corrected chi connectivity index (χ0v) is 15.8. The molecule has 1 fully saturated rings. The maximum Gasteiger partial charge on any atom is 0.321 e. The Labute approximate surface area is 155 Å². The molecule has 1 aromatic rings. The molecular weight excluding hydrogens is 362 g/mol. The van der Waals surface area contributed by atoms with E-state index in [0.717, 1.165) is 25.7 Å². The van der Waals surface area contributed by atoms with Crippen LogP contribution in [0.15, 0.2) is 9.72 Å². The van der Waals surface area contributed by atoms with Gasteiger partial charge in [-0.25, -0.2) is 9.78 Å². The number of imide groups is 1. The Hall–Kier alpha value is -1.61. The molecule has 2 N–H and O–H groups in total. The fourth-order valence-electron chi connectivity index (χ4n) is 2.55. The minimum Gasteiger partial charge on any atom is -0.466 e. The van der Waals surface area contributed by atoms with E-state index >= 15 is 0 Å². The number of ether oxygens (including phenoxy) is 1. The van der Waals surface area contributed by atoms with Crippen LogP contribution >= 0.6 is 23.1 Å². The lowest BCUT2D eigenvalue weighted by molar-refractivity contribution is -0.142. The second kappa shape index (κ2) is 10.4. The Morgan fingerprint density at radius 3 is 2.80 bits per heavy atom. The van der Waals surface area contributed by atoms with Gasteiger partial charge in [0, 0.05) is 11.4 Å². The van der Waals surface area contributed by atoms with Gasteiger partial charge in [-0.1, -0.05) is 31.0 Å². The van der Waals surface area contributed by atoms with Gasteiger partial charge in [0.2, 0.25) is 5.91 Å². The molecule has 1 aliphatic rings. The van der Waals surface area contributed by atoms with Crippen LogP contribution in [0.2, 0.25) is 0 Å². The number of hydrogen-bond acceptors (Lipinski definition) is 7. The molecule has 0 saturated heterocycles. The number of thioether (sulfide) groups is 1. The second-order valence-corrected chi connectivity index (χ2v) is 7.81. The molecule has 0 atom stereocenters. The van der Waals surface area contributed by atoms with Gasteiger partial charge in [-0.05, 0) is 19.8 Å². The SMILES string of the molecule is CCOC(=O)Cc1csc(SCC(=O)NC(=O)NC2CCCCC2)n1. The van der Waals surface area contributed by atoms with Crippen LogP contribution in [0, 0.1) is 0 Å². The monoisotopic (exact) mass is 385 g/mol. The predicted octanol–water partition coefficient (Wildman–Crippen LogP) is 2.50. The number of carbonyl (C=O) groups excluding carboxylic acids is 3. The first-order chi connectivity index (χ1) is 12.1. The second-order valence-electron chi connectivity index (χ2n) is 5.73. The molecule has 7 nitrogen and oxygen atoms in total. The largest absolute Gasteiger partial charge is 0.466 e. The van der Waals surface area contributed by atoms with E-state index in [4.69, 9.17) is 4.74 Å². The summed E-state index contributed by atoms with van der Waals surface area (Å²) >= 11 is 2.60. The van der Waals surface area contributed by atoms with Crippen molar-refractivity contribution in [3.8, 4) is 0 Å². The molecule has 0 spiro atoms. The van der Waals surface area contributed by atoms with Gasteiger partial charge in [-0.15, -0.1) is 11.3 Å². The summed E-state index contributed by atoms with van der Waals surface area (Å²) in [5.74, 6) is -0.577. The molecule has 25 heavy (non-hydrogen) atoms. The summed E-state index contributed by atoms with van der Waals surface area (Å²) < 4.78 is 5.55. The quantitative estimate of drug-likeness (QED) is 0.553. The molecule has 0 aromatic carbocycles. The molecule has 2 rings (SSSR count). The van der Waals surface area contributed by atoms with Crippen molar-refractivity contribution < 1.29 is 19.1 Å². The number of carbonyl (C=O) groups is 3. The highest BCUT2D eigenvalue weighted by molar-refractivity contribution is 8.01. The summed E-state index contributed by atoms with van der Waals surface area (Å²) in [4.78, 5) is 39.3. The summed E-state index contributed by atoms with van der Waals surface area (Å²) in [6.07, 6.45) is 5.51. The van der Waals surface area contributed by atoms with Crippen LogP contribution in [0.5, 0.6) is 0 Å². The molecule has 1 heterocycles. The molecule has 0 radical (unpaired) electrons. The van der Waals surface area contributed by atoms with E-state index in [1.165, 1.54) is 29.5 Å². The zero-order chi connectivity index (χ0) is 18.1. The highest BCUT2D eigenvalue weighted by Gasteiger charge is 2.17. The van der Waals surface area contributed by atoms with Gasteiger partial charge in [-0.2, -0.15) is 0 Å². The fourth-order valence-corrected chi connectivity index (χ4v) is 4.20. The third-order valence-electron chi connectivity index (χ3n) is 3.68. The number of urea groups is 1. The van der Waals surface area contributed by atoms with Gasteiger partial charge in [0.15, 0.2) is 4.34 Å². The molecule has 0 unspecified atom stereocenters. The van der Waals surface area contributed by atoms with Crippen LogP contribution in [0.3, 0.4) is 0 Å². The number of esters is 1. The maximum atomic E-state index is 11.8. The zero-order valence-electron chi connectivity index (χ0n) is 14.2. The lowest BCUT2D eigenvalue weighted by atomic mass is 9.96. The number of rotatable bonds is 7. The average molecular weight is 386 g/mol. The van der Waals surface area contributed by atoms with E-state index in [1.807, 2.05) is 0 Å². The first kappa shape index (κ1) is 19.7. The van der Waals surface area contributed by atoms with Crippen molar-refractivity contribution >= 4 is 41.0 Å². The van der Waals surface area contributed by atoms with Crippen molar-refractivity contribution in [2.45, 2.75) is 55.8 Å². The highest BCUT2D eigenvalue weighted by Crippen LogP contribution is 2.23. The maximum absolute atomic E-state index is 11.8. The van der Waals surface area contributed by atoms with Crippen molar-refractivity contribution in [3.05, 3.63) is 11.1 Å². The van der Waals surface area contributed by atoms with Crippen LogP contribution < -0.4 is 10.6 Å². The molecule has 138 valence electrons. The smallest absolute Gasteiger partial charge is 0.321 e. The van der Waals surface area contributed by atoms with E-state index in [9.17, 15) is 14.4 Å². The van der Waals surface area contributed by atoms with E-state index in [1.54, 1.807) is 12.3 Å². The third-order valence-corrected chi connectivity index (χ3v) is 5.75. The molecule has 0 aliphatic heterocycles. The van der Waals surface area contributed by atoms with Gasteiger partial charge in [-0.3, -0.25) is 14.9 Å². The molecule has 3 amide bonds. The minimum atomic E-state index is -0.431. The number of nitrogens with one attached hydrogen (secondary N) is 2. The van der Waals surface area contributed by atoms with Crippen LogP contribution in [-0.2, 0) is 20.7 Å². The van der Waals surface area contributed by atoms with Crippen molar-refractivity contribution in [3.63, 3.8) is 0 Å². The normalized spacial score (nSPS) is 14.8. The molecule has 1 aliphatic carbocycles. The summed E-state index contributed by atoms with van der Waals surface area (Å²) in [5.41, 5.74) is 0.626. The van der Waals surface area contributed by atoms with Crippen molar-refractivity contribution in [2.24, 2.45) is 0 Å². The van der Waals surface area contributed by atoms with Gasteiger partial charge < -0.3 is 10.1 Å². The topological polar surface area (TPSA) is 97.4 Å².